The minimum absolute atomic E-state index is 0.158. The van der Waals surface area contributed by atoms with Gasteiger partial charge in [0.1, 0.15) is 11.6 Å². The SMILES string of the molecule is COc1cc(NC(C)(C)CC(C)(C)C)c(F)cc1N. The van der Waals surface area contributed by atoms with Crippen molar-refractivity contribution in [1.82, 2.24) is 0 Å². The minimum atomic E-state index is -0.361. The van der Waals surface area contributed by atoms with E-state index in [9.17, 15) is 4.39 Å². The third-order valence-electron chi connectivity index (χ3n) is 2.76. The molecule has 0 saturated heterocycles. The van der Waals surface area contributed by atoms with Gasteiger partial charge in [-0.3, -0.25) is 0 Å². The maximum absolute atomic E-state index is 13.9. The number of benzene rings is 1. The van der Waals surface area contributed by atoms with Gasteiger partial charge >= 0.3 is 0 Å². The second-order valence-corrected chi connectivity index (χ2v) is 6.82. The average molecular weight is 268 g/mol. The first-order chi connectivity index (χ1) is 8.54. The van der Waals surface area contributed by atoms with Crippen LogP contribution in [0.5, 0.6) is 5.75 Å². The molecule has 0 saturated carbocycles. The summed E-state index contributed by atoms with van der Waals surface area (Å²) in [6.45, 7) is 10.6. The zero-order chi connectivity index (χ0) is 14.8. The zero-order valence-corrected chi connectivity index (χ0v) is 12.7. The van der Waals surface area contributed by atoms with Crippen LogP contribution >= 0.6 is 0 Å². The number of hydrogen-bond donors (Lipinski definition) is 2. The van der Waals surface area contributed by atoms with E-state index in [4.69, 9.17) is 10.5 Å². The molecule has 0 aliphatic carbocycles. The number of halogens is 1. The lowest BCUT2D eigenvalue weighted by molar-refractivity contribution is 0.301. The van der Waals surface area contributed by atoms with E-state index in [0.717, 1.165) is 6.42 Å². The van der Waals surface area contributed by atoms with Crippen LogP contribution in [-0.4, -0.2) is 12.6 Å². The molecule has 19 heavy (non-hydrogen) atoms. The van der Waals surface area contributed by atoms with Crippen molar-refractivity contribution in [2.75, 3.05) is 18.2 Å². The zero-order valence-electron chi connectivity index (χ0n) is 12.7. The van der Waals surface area contributed by atoms with Crippen molar-refractivity contribution in [1.29, 1.82) is 0 Å². The molecule has 1 aromatic rings. The highest BCUT2D eigenvalue weighted by molar-refractivity contribution is 5.62. The van der Waals surface area contributed by atoms with E-state index in [1.807, 2.05) is 0 Å². The van der Waals surface area contributed by atoms with Gasteiger partial charge in [0.05, 0.1) is 18.5 Å². The van der Waals surface area contributed by atoms with Gasteiger partial charge in [0, 0.05) is 17.7 Å². The van der Waals surface area contributed by atoms with E-state index in [1.165, 1.54) is 13.2 Å². The molecule has 3 nitrogen and oxygen atoms in total. The van der Waals surface area contributed by atoms with Crippen molar-refractivity contribution in [3.8, 4) is 5.75 Å². The number of rotatable bonds is 4. The minimum Gasteiger partial charge on any atom is -0.495 e. The van der Waals surface area contributed by atoms with Gasteiger partial charge < -0.3 is 15.8 Å². The van der Waals surface area contributed by atoms with Crippen molar-refractivity contribution >= 4 is 11.4 Å². The molecule has 108 valence electrons. The molecule has 3 N–H and O–H groups in total. The normalized spacial score (nSPS) is 12.4. The number of hydrogen-bond acceptors (Lipinski definition) is 3. The Morgan fingerprint density at radius 2 is 1.79 bits per heavy atom. The van der Waals surface area contributed by atoms with Crippen LogP contribution in [0.3, 0.4) is 0 Å². The topological polar surface area (TPSA) is 47.3 Å². The van der Waals surface area contributed by atoms with E-state index >= 15 is 0 Å². The monoisotopic (exact) mass is 268 g/mol. The second-order valence-electron chi connectivity index (χ2n) is 6.82. The lowest BCUT2D eigenvalue weighted by Gasteiger charge is -2.34. The van der Waals surface area contributed by atoms with Gasteiger partial charge in [-0.2, -0.15) is 0 Å². The molecule has 1 rings (SSSR count). The Kier molecular flexibility index (Phi) is 4.33. The maximum atomic E-state index is 13.9. The van der Waals surface area contributed by atoms with Crippen molar-refractivity contribution < 1.29 is 9.13 Å². The Bertz CT molecular complexity index is 450. The molecule has 0 atom stereocenters. The third-order valence-corrected chi connectivity index (χ3v) is 2.76. The van der Waals surface area contributed by atoms with Crippen molar-refractivity contribution in [3.05, 3.63) is 17.9 Å². The summed E-state index contributed by atoms with van der Waals surface area (Å²) in [6.07, 6.45) is 0.909. The fourth-order valence-corrected chi connectivity index (χ4v) is 2.58. The van der Waals surface area contributed by atoms with Crippen LogP contribution in [0.15, 0.2) is 12.1 Å². The first kappa shape index (κ1) is 15.6. The molecule has 0 aliphatic rings. The molecule has 0 radical (unpaired) electrons. The van der Waals surface area contributed by atoms with Crippen LogP contribution in [0.2, 0.25) is 0 Å². The van der Waals surface area contributed by atoms with Gasteiger partial charge in [-0.05, 0) is 25.7 Å². The number of anilines is 2. The van der Waals surface area contributed by atoms with Crippen LogP contribution < -0.4 is 15.8 Å². The van der Waals surface area contributed by atoms with Gasteiger partial charge in [-0.15, -0.1) is 0 Å². The highest BCUT2D eigenvalue weighted by Gasteiger charge is 2.26. The number of methoxy groups -OCH3 is 1. The average Bonchev–Trinajstić information content (AvgIpc) is 2.18. The number of nitrogens with two attached hydrogens (primary N) is 1. The van der Waals surface area contributed by atoms with E-state index in [-0.39, 0.29) is 16.8 Å². The van der Waals surface area contributed by atoms with Crippen molar-refractivity contribution in [2.45, 2.75) is 46.6 Å². The molecule has 0 aliphatic heterocycles. The Balaban J connectivity index is 2.99. The molecule has 0 amide bonds. The molecule has 0 unspecified atom stereocenters. The maximum Gasteiger partial charge on any atom is 0.148 e. The first-order valence-corrected chi connectivity index (χ1v) is 6.45. The Morgan fingerprint density at radius 3 is 2.26 bits per heavy atom. The van der Waals surface area contributed by atoms with E-state index in [2.05, 4.69) is 39.9 Å². The highest BCUT2D eigenvalue weighted by Crippen LogP contribution is 2.33. The molecule has 0 heterocycles. The highest BCUT2D eigenvalue weighted by atomic mass is 19.1. The summed E-state index contributed by atoms with van der Waals surface area (Å²) in [6, 6.07) is 2.89. The number of nitrogens with one attached hydrogen (secondary N) is 1. The van der Waals surface area contributed by atoms with E-state index in [1.54, 1.807) is 6.07 Å². The summed E-state index contributed by atoms with van der Waals surface area (Å²) in [4.78, 5) is 0. The molecular weight excluding hydrogens is 243 g/mol. The van der Waals surface area contributed by atoms with Crippen LogP contribution in [-0.2, 0) is 0 Å². The summed E-state index contributed by atoms with van der Waals surface area (Å²) in [5, 5.41) is 3.23. The quantitative estimate of drug-likeness (QED) is 0.810. The summed E-state index contributed by atoms with van der Waals surface area (Å²) < 4.78 is 19.1. The first-order valence-electron chi connectivity index (χ1n) is 6.45. The van der Waals surface area contributed by atoms with E-state index in [0.29, 0.717) is 17.1 Å². The Hall–Kier alpha value is -1.45. The predicted octanol–water partition coefficient (Wildman–Crippen LogP) is 4.04. The third kappa shape index (κ3) is 4.62. The van der Waals surface area contributed by atoms with Gasteiger partial charge in [0.25, 0.3) is 0 Å². The summed E-state index contributed by atoms with van der Waals surface area (Å²) in [5.41, 5.74) is 6.33. The van der Waals surface area contributed by atoms with Crippen LogP contribution in [0.25, 0.3) is 0 Å². The van der Waals surface area contributed by atoms with Gasteiger partial charge in [-0.25, -0.2) is 4.39 Å². The van der Waals surface area contributed by atoms with Gasteiger partial charge in [-0.1, -0.05) is 20.8 Å². The molecule has 1 aromatic carbocycles. The smallest absolute Gasteiger partial charge is 0.148 e. The lowest BCUT2D eigenvalue weighted by Crippen LogP contribution is -2.35. The second kappa shape index (κ2) is 5.27. The summed E-state index contributed by atoms with van der Waals surface area (Å²) in [7, 11) is 1.52. The van der Waals surface area contributed by atoms with Crippen LogP contribution in [0.4, 0.5) is 15.8 Å². The predicted molar refractivity (Wildman–Crippen MR) is 79.1 cm³/mol. The molecule has 0 aromatic heterocycles. The number of nitrogen functional groups attached to an aromatic ring is 1. The van der Waals surface area contributed by atoms with Crippen LogP contribution in [0.1, 0.15) is 41.0 Å². The molecule has 0 spiro atoms. The number of ether oxygens (including phenoxy) is 1. The largest absolute Gasteiger partial charge is 0.495 e. The standard InChI is InChI=1S/C15H25FN2O/c1-14(2,3)9-15(4,5)18-12-8-13(19-6)11(17)7-10(12)16/h7-8,18H,9,17H2,1-6H3. The fourth-order valence-electron chi connectivity index (χ4n) is 2.58. The molecule has 0 bridgehead atoms. The molecule has 0 fully saturated rings. The van der Waals surface area contributed by atoms with Crippen molar-refractivity contribution in [3.63, 3.8) is 0 Å². The summed E-state index contributed by atoms with van der Waals surface area (Å²) in [5.74, 6) is 0.121. The van der Waals surface area contributed by atoms with Crippen LogP contribution in [0, 0.1) is 11.2 Å². The fraction of sp³-hybridized carbons (Fsp3) is 0.600. The Morgan fingerprint density at radius 1 is 1.21 bits per heavy atom. The molecular formula is C15H25FN2O. The Labute approximate surface area is 115 Å². The van der Waals surface area contributed by atoms with E-state index < -0.39 is 0 Å². The van der Waals surface area contributed by atoms with Crippen molar-refractivity contribution in [2.24, 2.45) is 5.41 Å². The van der Waals surface area contributed by atoms with Gasteiger partial charge in [0.15, 0.2) is 0 Å². The lowest BCUT2D eigenvalue weighted by atomic mass is 9.81. The molecule has 4 heteroatoms. The summed E-state index contributed by atoms with van der Waals surface area (Å²) >= 11 is 0. The van der Waals surface area contributed by atoms with Gasteiger partial charge in [0.2, 0.25) is 0 Å².